The highest BCUT2D eigenvalue weighted by Gasteiger charge is 2.39. The van der Waals surface area contributed by atoms with Crippen LogP contribution in [0.2, 0.25) is 0 Å². The summed E-state index contributed by atoms with van der Waals surface area (Å²) < 4.78 is 52.1. The molecule has 1 unspecified atom stereocenters. The smallest absolute Gasteiger partial charge is 0.357 e. The third-order valence-corrected chi connectivity index (χ3v) is 3.68. The van der Waals surface area contributed by atoms with E-state index in [-0.39, 0.29) is 17.8 Å². The van der Waals surface area contributed by atoms with E-state index in [1.165, 1.54) is 12.1 Å². The van der Waals surface area contributed by atoms with Crippen LogP contribution >= 0.6 is 0 Å². The molecular formula is C15H20F4N2. The van der Waals surface area contributed by atoms with Crippen LogP contribution in [0.3, 0.4) is 0 Å². The molecule has 1 fully saturated rings. The summed E-state index contributed by atoms with van der Waals surface area (Å²) in [6.45, 7) is 0.829. The van der Waals surface area contributed by atoms with Crippen molar-refractivity contribution in [3.8, 4) is 0 Å². The Bertz CT molecular complexity index is 483. The Morgan fingerprint density at radius 2 is 2.00 bits per heavy atom. The van der Waals surface area contributed by atoms with Gasteiger partial charge in [-0.2, -0.15) is 13.2 Å². The lowest BCUT2D eigenvalue weighted by Gasteiger charge is -2.26. The molecule has 2 rings (SSSR count). The van der Waals surface area contributed by atoms with Crippen LogP contribution in [0.5, 0.6) is 0 Å². The van der Waals surface area contributed by atoms with Gasteiger partial charge < -0.3 is 10.6 Å². The van der Waals surface area contributed by atoms with Crippen molar-refractivity contribution < 1.29 is 17.6 Å². The average Bonchev–Trinajstić information content (AvgIpc) is 3.19. The highest BCUT2D eigenvalue weighted by atomic mass is 19.4. The lowest BCUT2D eigenvalue weighted by molar-refractivity contribution is -0.120. The number of anilines is 1. The summed E-state index contributed by atoms with van der Waals surface area (Å²) in [6.07, 6.45) is -1.68. The normalized spacial score (nSPS) is 16.9. The second-order valence-electron chi connectivity index (χ2n) is 5.63. The lowest BCUT2D eigenvalue weighted by Crippen LogP contribution is -2.36. The molecule has 0 heterocycles. The highest BCUT2D eigenvalue weighted by Crippen LogP contribution is 2.35. The molecule has 1 saturated carbocycles. The summed E-state index contributed by atoms with van der Waals surface area (Å²) in [4.78, 5) is 1.12. The number of alkyl halides is 3. The van der Waals surface area contributed by atoms with E-state index in [4.69, 9.17) is 5.73 Å². The molecule has 0 amide bonds. The molecule has 1 aromatic carbocycles. The molecule has 1 atom stereocenters. The standard InChI is InChI=1S/C15H20F4N2/c1-2-11(20)7-10-3-6-14(13(16)8-10)21(12-4-5-12)9-15(17,18)19/h3,6,8,11-12H,2,4-5,7,9,20H2,1H3. The van der Waals surface area contributed by atoms with Gasteiger partial charge in [-0.1, -0.05) is 13.0 Å². The zero-order valence-corrected chi connectivity index (χ0v) is 12.0. The number of hydrogen-bond acceptors (Lipinski definition) is 2. The monoisotopic (exact) mass is 304 g/mol. The first-order valence-electron chi connectivity index (χ1n) is 7.17. The Morgan fingerprint density at radius 3 is 2.48 bits per heavy atom. The van der Waals surface area contributed by atoms with E-state index in [2.05, 4.69) is 0 Å². The van der Waals surface area contributed by atoms with Gasteiger partial charge in [-0.3, -0.25) is 0 Å². The van der Waals surface area contributed by atoms with Gasteiger partial charge >= 0.3 is 6.18 Å². The van der Waals surface area contributed by atoms with Crippen molar-refractivity contribution in [3.05, 3.63) is 29.6 Å². The van der Waals surface area contributed by atoms with E-state index in [0.29, 0.717) is 24.8 Å². The zero-order valence-electron chi connectivity index (χ0n) is 12.0. The maximum absolute atomic E-state index is 14.2. The molecule has 0 aromatic heterocycles. The van der Waals surface area contributed by atoms with E-state index in [0.717, 1.165) is 11.3 Å². The highest BCUT2D eigenvalue weighted by molar-refractivity contribution is 5.51. The minimum atomic E-state index is -4.34. The Hall–Kier alpha value is -1.30. The Balaban J connectivity index is 2.17. The summed E-state index contributed by atoms with van der Waals surface area (Å²) in [5.41, 5.74) is 6.56. The fourth-order valence-electron chi connectivity index (χ4n) is 2.35. The molecule has 0 saturated heterocycles. The average molecular weight is 304 g/mol. The van der Waals surface area contributed by atoms with E-state index in [1.807, 2.05) is 6.92 Å². The van der Waals surface area contributed by atoms with Gasteiger partial charge in [0.25, 0.3) is 0 Å². The van der Waals surface area contributed by atoms with Gasteiger partial charge in [-0.25, -0.2) is 4.39 Å². The quantitative estimate of drug-likeness (QED) is 0.813. The zero-order chi connectivity index (χ0) is 15.6. The molecular weight excluding hydrogens is 284 g/mol. The number of nitrogens with zero attached hydrogens (tertiary/aromatic N) is 1. The fraction of sp³-hybridized carbons (Fsp3) is 0.600. The third-order valence-electron chi connectivity index (χ3n) is 3.68. The van der Waals surface area contributed by atoms with Crippen LogP contribution in [0.4, 0.5) is 23.2 Å². The topological polar surface area (TPSA) is 29.3 Å². The molecule has 118 valence electrons. The summed E-state index contributed by atoms with van der Waals surface area (Å²) in [5, 5.41) is 0. The molecule has 0 spiro atoms. The van der Waals surface area contributed by atoms with Crippen molar-refractivity contribution in [1.82, 2.24) is 0 Å². The largest absolute Gasteiger partial charge is 0.405 e. The third kappa shape index (κ3) is 4.59. The van der Waals surface area contributed by atoms with Crippen LogP contribution in [0.15, 0.2) is 18.2 Å². The van der Waals surface area contributed by atoms with Crippen molar-refractivity contribution >= 4 is 5.69 Å². The van der Waals surface area contributed by atoms with Gasteiger partial charge in [-0.05, 0) is 43.4 Å². The maximum atomic E-state index is 14.2. The minimum absolute atomic E-state index is 0.0312. The fourth-order valence-corrected chi connectivity index (χ4v) is 2.35. The van der Waals surface area contributed by atoms with Crippen molar-refractivity contribution in [2.75, 3.05) is 11.4 Å². The Labute approximate surface area is 121 Å². The van der Waals surface area contributed by atoms with Crippen LogP contribution in [-0.2, 0) is 6.42 Å². The van der Waals surface area contributed by atoms with Crippen LogP contribution < -0.4 is 10.6 Å². The summed E-state index contributed by atoms with van der Waals surface area (Å²) in [7, 11) is 0. The van der Waals surface area contributed by atoms with Crippen molar-refractivity contribution in [2.24, 2.45) is 5.73 Å². The Morgan fingerprint density at radius 1 is 1.33 bits per heavy atom. The molecule has 0 aliphatic heterocycles. The van der Waals surface area contributed by atoms with E-state index in [9.17, 15) is 17.6 Å². The number of rotatable bonds is 6. The van der Waals surface area contributed by atoms with Gasteiger partial charge in [0.2, 0.25) is 0 Å². The van der Waals surface area contributed by atoms with Crippen molar-refractivity contribution in [2.45, 2.75) is 50.9 Å². The van der Waals surface area contributed by atoms with Gasteiger partial charge in [0.05, 0.1) is 5.69 Å². The predicted molar refractivity (Wildman–Crippen MR) is 74.8 cm³/mol. The summed E-state index contributed by atoms with van der Waals surface area (Å²) in [5.74, 6) is -0.605. The first kappa shape index (κ1) is 16.1. The number of hydrogen-bond donors (Lipinski definition) is 1. The SMILES string of the molecule is CCC(N)Cc1ccc(N(CC(F)(F)F)C2CC2)c(F)c1. The molecule has 1 aliphatic carbocycles. The number of halogens is 4. The minimum Gasteiger partial charge on any atom is -0.357 e. The van der Waals surface area contributed by atoms with Gasteiger partial charge in [-0.15, -0.1) is 0 Å². The van der Waals surface area contributed by atoms with Gasteiger partial charge in [0.15, 0.2) is 0 Å². The van der Waals surface area contributed by atoms with Gasteiger partial charge in [0.1, 0.15) is 12.4 Å². The Kier molecular flexibility index (Phi) is 4.76. The second kappa shape index (κ2) is 6.22. The van der Waals surface area contributed by atoms with Crippen molar-refractivity contribution in [3.63, 3.8) is 0 Å². The van der Waals surface area contributed by atoms with Crippen LogP contribution in [0.1, 0.15) is 31.7 Å². The molecule has 21 heavy (non-hydrogen) atoms. The number of nitrogens with two attached hydrogens (primary N) is 1. The molecule has 2 N–H and O–H groups in total. The number of benzene rings is 1. The lowest BCUT2D eigenvalue weighted by atomic mass is 10.0. The second-order valence-corrected chi connectivity index (χ2v) is 5.63. The van der Waals surface area contributed by atoms with Crippen LogP contribution in [-0.4, -0.2) is 24.8 Å². The van der Waals surface area contributed by atoms with Crippen LogP contribution in [0.25, 0.3) is 0 Å². The molecule has 1 aromatic rings. The first-order valence-corrected chi connectivity index (χ1v) is 7.17. The molecule has 1 aliphatic rings. The first-order chi connectivity index (χ1) is 9.80. The predicted octanol–water partition coefficient (Wildman–Crippen LogP) is 3.64. The molecule has 0 radical (unpaired) electrons. The molecule has 0 bridgehead atoms. The van der Waals surface area contributed by atoms with Crippen LogP contribution in [0, 0.1) is 5.82 Å². The van der Waals surface area contributed by atoms with Gasteiger partial charge in [0, 0.05) is 12.1 Å². The van der Waals surface area contributed by atoms with E-state index >= 15 is 0 Å². The maximum Gasteiger partial charge on any atom is 0.405 e. The summed E-state index contributed by atoms with van der Waals surface area (Å²) >= 11 is 0. The van der Waals surface area contributed by atoms with E-state index in [1.54, 1.807) is 6.07 Å². The van der Waals surface area contributed by atoms with Crippen molar-refractivity contribution in [1.29, 1.82) is 0 Å². The van der Waals surface area contributed by atoms with E-state index < -0.39 is 18.5 Å². The molecule has 6 heteroatoms. The molecule has 2 nitrogen and oxygen atoms in total. The summed E-state index contributed by atoms with van der Waals surface area (Å²) in [6, 6.07) is 4.14.